The topological polar surface area (TPSA) is 56.8 Å². The van der Waals surface area contributed by atoms with Crippen molar-refractivity contribution in [3.05, 3.63) is 22.7 Å². The van der Waals surface area contributed by atoms with Gasteiger partial charge in [-0.2, -0.15) is 0 Å². The van der Waals surface area contributed by atoms with Crippen molar-refractivity contribution in [3.63, 3.8) is 0 Å². The van der Waals surface area contributed by atoms with Crippen molar-refractivity contribution in [2.75, 3.05) is 27.3 Å². The molecule has 0 amide bonds. The third kappa shape index (κ3) is 3.35. The molecule has 6 heteroatoms. The predicted molar refractivity (Wildman–Crippen MR) is 75.9 cm³/mol. The minimum Gasteiger partial charge on any atom is -0.496 e. The third-order valence-electron chi connectivity index (χ3n) is 3.24. The van der Waals surface area contributed by atoms with E-state index in [1.807, 2.05) is 0 Å². The maximum Gasteiger partial charge on any atom is 0.341 e. The van der Waals surface area contributed by atoms with Crippen molar-refractivity contribution in [1.29, 1.82) is 0 Å². The monoisotopic (exact) mass is 299 g/mol. The van der Waals surface area contributed by atoms with Crippen LogP contribution in [-0.2, 0) is 4.74 Å². The summed E-state index contributed by atoms with van der Waals surface area (Å²) in [4.78, 5) is 11.6. The Balaban J connectivity index is 2.23. The van der Waals surface area contributed by atoms with E-state index in [1.165, 1.54) is 20.3 Å². The van der Waals surface area contributed by atoms with Gasteiger partial charge in [0.2, 0.25) is 0 Å². The van der Waals surface area contributed by atoms with Gasteiger partial charge < -0.3 is 19.5 Å². The fourth-order valence-corrected chi connectivity index (χ4v) is 2.36. The zero-order valence-corrected chi connectivity index (χ0v) is 12.3. The first-order valence-corrected chi connectivity index (χ1v) is 6.86. The standard InChI is InChI=1S/C14H18ClNO4/c1-18-12-8-13(20-9-3-5-16-6-4-9)11(15)7-10(12)14(17)19-2/h7-9,16H,3-6H2,1-2H3. The van der Waals surface area contributed by atoms with E-state index < -0.39 is 5.97 Å². The van der Waals surface area contributed by atoms with Crippen molar-refractivity contribution >= 4 is 17.6 Å². The van der Waals surface area contributed by atoms with Gasteiger partial charge in [-0.15, -0.1) is 0 Å². The van der Waals surface area contributed by atoms with Crippen LogP contribution in [0, 0.1) is 0 Å². The molecule has 110 valence electrons. The molecule has 1 fully saturated rings. The zero-order valence-electron chi connectivity index (χ0n) is 11.6. The van der Waals surface area contributed by atoms with E-state index in [9.17, 15) is 4.79 Å². The minimum atomic E-state index is -0.489. The highest BCUT2D eigenvalue weighted by molar-refractivity contribution is 6.32. The number of halogens is 1. The average molecular weight is 300 g/mol. The number of hydrogen-bond donors (Lipinski definition) is 1. The maximum absolute atomic E-state index is 11.6. The molecule has 0 atom stereocenters. The summed E-state index contributed by atoms with van der Waals surface area (Å²) in [6.07, 6.45) is 1.98. The zero-order chi connectivity index (χ0) is 14.5. The van der Waals surface area contributed by atoms with Gasteiger partial charge in [-0.3, -0.25) is 0 Å². The van der Waals surface area contributed by atoms with Crippen molar-refractivity contribution in [1.82, 2.24) is 5.32 Å². The lowest BCUT2D eigenvalue weighted by molar-refractivity contribution is 0.0597. The molecule has 1 aromatic rings. The second kappa shape index (κ2) is 6.81. The van der Waals surface area contributed by atoms with Gasteiger partial charge in [-0.05, 0) is 32.0 Å². The molecule has 1 N–H and O–H groups in total. The Hall–Kier alpha value is -1.46. The van der Waals surface area contributed by atoms with E-state index in [1.54, 1.807) is 6.07 Å². The first-order valence-electron chi connectivity index (χ1n) is 6.49. The SMILES string of the molecule is COC(=O)c1cc(Cl)c(OC2CCNCC2)cc1OC. The highest BCUT2D eigenvalue weighted by atomic mass is 35.5. The van der Waals surface area contributed by atoms with Gasteiger partial charge in [0.25, 0.3) is 0 Å². The van der Waals surface area contributed by atoms with E-state index in [4.69, 9.17) is 25.8 Å². The van der Waals surface area contributed by atoms with E-state index in [-0.39, 0.29) is 11.7 Å². The summed E-state index contributed by atoms with van der Waals surface area (Å²) < 4.78 is 15.8. The lowest BCUT2D eigenvalue weighted by atomic mass is 10.1. The van der Waals surface area contributed by atoms with Gasteiger partial charge in [0.15, 0.2) is 0 Å². The molecule has 0 bridgehead atoms. The highest BCUT2D eigenvalue weighted by Crippen LogP contribution is 2.34. The van der Waals surface area contributed by atoms with Crippen molar-refractivity contribution in [2.24, 2.45) is 0 Å². The smallest absolute Gasteiger partial charge is 0.341 e. The number of esters is 1. The number of nitrogens with one attached hydrogen (secondary N) is 1. The maximum atomic E-state index is 11.6. The number of rotatable bonds is 4. The Morgan fingerprint density at radius 2 is 1.95 bits per heavy atom. The first kappa shape index (κ1) is 14.9. The predicted octanol–water partition coefficient (Wildman–Crippen LogP) is 2.27. The van der Waals surface area contributed by atoms with Crippen LogP contribution in [0.2, 0.25) is 5.02 Å². The molecule has 0 spiro atoms. The van der Waals surface area contributed by atoms with Crippen LogP contribution in [0.5, 0.6) is 11.5 Å². The molecule has 5 nitrogen and oxygen atoms in total. The molecular weight excluding hydrogens is 282 g/mol. The highest BCUT2D eigenvalue weighted by Gasteiger charge is 2.20. The van der Waals surface area contributed by atoms with E-state index >= 15 is 0 Å². The Morgan fingerprint density at radius 3 is 2.55 bits per heavy atom. The van der Waals surface area contributed by atoms with Crippen molar-refractivity contribution in [3.8, 4) is 11.5 Å². The molecule has 0 saturated carbocycles. The van der Waals surface area contributed by atoms with Gasteiger partial charge in [0.1, 0.15) is 23.2 Å². The summed E-state index contributed by atoms with van der Waals surface area (Å²) in [6, 6.07) is 3.15. The van der Waals surface area contributed by atoms with Gasteiger partial charge >= 0.3 is 5.97 Å². The Kier molecular flexibility index (Phi) is 5.09. The molecule has 0 radical (unpaired) electrons. The number of hydrogen-bond acceptors (Lipinski definition) is 5. The second-order valence-corrected chi connectivity index (χ2v) is 4.95. The third-order valence-corrected chi connectivity index (χ3v) is 3.53. The van der Waals surface area contributed by atoms with Gasteiger partial charge in [-0.25, -0.2) is 4.79 Å². The molecule has 1 aliphatic heterocycles. The van der Waals surface area contributed by atoms with E-state index in [2.05, 4.69) is 5.32 Å². The lowest BCUT2D eigenvalue weighted by Gasteiger charge is -2.24. The minimum absolute atomic E-state index is 0.127. The lowest BCUT2D eigenvalue weighted by Crippen LogP contribution is -2.34. The fourth-order valence-electron chi connectivity index (χ4n) is 2.16. The van der Waals surface area contributed by atoms with Crippen molar-refractivity contribution in [2.45, 2.75) is 18.9 Å². The summed E-state index contributed by atoms with van der Waals surface area (Å²) in [5.74, 6) is 0.436. The van der Waals surface area contributed by atoms with Crippen LogP contribution in [0.4, 0.5) is 0 Å². The molecule has 2 rings (SSSR count). The van der Waals surface area contributed by atoms with Crippen LogP contribution < -0.4 is 14.8 Å². The molecule has 0 unspecified atom stereocenters. The number of carbonyl (C=O) groups excluding carboxylic acids is 1. The van der Waals surface area contributed by atoms with E-state index in [0.717, 1.165) is 25.9 Å². The Morgan fingerprint density at radius 1 is 1.25 bits per heavy atom. The number of benzene rings is 1. The molecule has 1 aromatic carbocycles. The van der Waals surface area contributed by atoms with Crippen LogP contribution in [0.3, 0.4) is 0 Å². The van der Waals surface area contributed by atoms with Gasteiger partial charge in [0.05, 0.1) is 19.2 Å². The van der Waals surface area contributed by atoms with Crippen LogP contribution >= 0.6 is 11.6 Å². The molecule has 0 aliphatic carbocycles. The van der Waals surface area contributed by atoms with Crippen molar-refractivity contribution < 1.29 is 19.0 Å². The van der Waals surface area contributed by atoms with Crippen LogP contribution in [-0.4, -0.2) is 39.4 Å². The Bertz CT molecular complexity index is 486. The summed E-state index contributed by atoms with van der Waals surface area (Å²) in [5, 5.41) is 3.65. The second-order valence-electron chi connectivity index (χ2n) is 4.54. The fraction of sp³-hybridized carbons (Fsp3) is 0.500. The number of carbonyl (C=O) groups is 1. The normalized spacial score (nSPS) is 15.8. The largest absolute Gasteiger partial charge is 0.496 e. The summed E-state index contributed by atoms with van der Waals surface area (Å²) in [7, 11) is 2.80. The summed E-state index contributed by atoms with van der Waals surface area (Å²) in [6.45, 7) is 1.86. The number of methoxy groups -OCH3 is 2. The van der Waals surface area contributed by atoms with Gasteiger partial charge in [0, 0.05) is 6.07 Å². The summed E-state index contributed by atoms with van der Waals surface area (Å²) in [5.41, 5.74) is 0.290. The quantitative estimate of drug-likeness (QED) is 0.864. The molecule has 1 aliphatic rings. The van der Waals surface area contributed by atoms with Crippen LogP contribution in [0.25, 0.3) is 0 Å². The molecule has 20 heavy (non-hydrogen) atoms. The summed E-state index contributed by atoms with van der Waals surface area (Å²) >= 11 is 6.17. The number of ether oxygens (including phenoxy) is 3. The molecule has 0 aromatic heterocycles. The van der Waals surface area contributed by atoms with Gasteiger partial charge in [-0.1, -0.05) is 11.6 Å². The average Bonchev–Trinajstić information content (AvgIpc) is 2.49. The van der Waals surface area contributed by atoms with Crippen LogP contribution in [0.1, 0.15) is 23.2 Å². The first-order chi connectivity index (χ1) is 9.65. The Labute approximate surface area is 123 Å². The molecular formula is C14H18ClNO4. The molecule has 1 saturated heterocycles. The van der Waals surface area contributed by atoms with E-state index in [0.29, 0.717) is 16.5 Å². The van der Waals surface area contributed by atoms with Crippen LogP contribution in [0.15, 0.2) is 12.1 Å². The number of piperidine rings is 1. The molecule has 1 heterocycles.